The number of carbonyl (C=O) groups excluding carboxylic acids is 2. The predicted molar refractivity (Wildman–Crippen MR) is 89.0 cm³/mol. The average molecular weight is 331 g/mol. The van der Waals surface area contributed by atoms with E-state index in [1.807, 2.05) is 0 Å². The summed E-state index contributed by atoms with van der Waals surface area (Å²) in [6.07, 6.45) is 0.109. The van der Waals surface area contributed by atoms with Crippen LogP contribution in [0.15, 0.2) is 48.5 Å². The number of methoxy groups -OCH3 is 1. The standard InChI is InChI=1S/C17H15ClN2O3/c1-23-14-7-5-13(6-8-14)20-16(21)10-15(17(20)22)19-12-4-2-3-11(18)9-12/h2-9,15,19H,10H2,1H3/t15-/m1/s1. The maximum Gasteiger partial charge on any atom is 0.256 e. The van der Waals surface area contributed by atoms with Gasteiger partial charge in [0, 0.05) is 10.7 Å². The number of rotatable bonds is 4. The molecule has 0 aliphatic carbocycles. The van der Waals surface area contributed by atoms with Crippen molar-refractivity contribution in [3.05, 3.63) is 53.6 Å². The molecule has 2 amide bonds. The van der Waals surface area contributed by atoms with E-state index in [1.54, 1.807) is 55.6 Å². The minimum atomic E-state index is -0.594. The van der Waals surface area contributed by atoms with Gasteiger partial charge in [-0.05, 0) is 42.5 Å². The van der Waals surface area contributed by atoms with Crippen molar-refractivity contribution in [2.45, 2.75) is 12.5 Å². The van der Waals surface area contributed by atoms with Gasteiger partial charge in [0.25, 0.3) is 5.91 Å². The molecular weight excluding hydrogens is 316 g/mol. The lowest BCUT2D eigenvalue weighted by Gasteiger charge is -2.16. The van der Waals surface area contributed by atoms with Gasteiger partial charge in [0.05, 0.1) is 19.2 Å². The van der Waals surface area contributed by atoms with Gasteiger partial charge in [-0.25, -0.2) is 4.90 Å². The fourth-order valence-electron chi connectivity index (χ4n) is 2.53. The smallest absolute Gasteiger partial charge is 0.256 e. The van der Waals surface area contributed by atoms with E-state index in [1.165, 1.54) is 4.90 Å². The van der Waals surface area contributed by atoms with Gasteiger partial charge in [0.1, 0.15) is 11.8 Å². The van der Waals surface area contributed by atoms with Gasteiger partial charge in [-0.3, -0.25) is 9.59 Å². The van der Waals surface area contributed by atoms with Crippen molar-refractivity contribution in [2.24, 2.45) is 0 Å². The second kappa shape index (κ2) is 6.30. The van der Waals surface area contributed by atoms with Crippen molar-refractivity contribution < 1.29 is 14.3 Å². The molecule has 5 nitrogen and oxygen atoms in total. The van der Waals surface area contributed by atoms with E-state index in [2.05, 4.69) is 5.32 Å². The summed E-state index contributed by atoms with van der Waals surface area (Å²) in [6.45, 7) is 0. The summed E-state index contributed by atoms with van der Waals surface area (Å²) < 4.78 is 5.08. The number of nitrogens with one attached hydrogen (secondary N) is 1. The van der Waals surface area contributed by atoms with Crippen LogP contribution in [0.5, 0.6) is 5.75 Å². The summed E-state index contributed by atoms with van der Waals surface area (Å²) in [7, 11) is 1.56. The molecule has 0 radical (unpaired) electrons. The quantitative estimate of drug-likeness (QED) is 0.875. The van der Waals surface area contributed by atoms with Crippen molar-refractivity contribution in [2.75, 3.05) is 17.3 Å². The first-order valence-electron chi connectivity index (χ1n) is 7.11. The van der Waals surface area contributed by atoms with Crippen LogP contribution in [0, 0.1) is 0 Å². The Morgan fingerprint density at radius 2 is 1.91 bits per heavy atom. The number of hydrogen-bond donors (Lipinski definition) is 1. The Hall–Kier alpha value is -2.53. The lowest BCUT2D eigenvalue weighted by atomic mass is 10.2. The zero-order chi connectivity index (χ0) is 16.4. The number of halogens is 1. The Morgan fingerprint density at radius 3 is 2.57 bits per heavy atom. The van der Waals surface area contributed by atoms with E-state index in [0.29, 0.717) is 22.1 Å². The highest BCUT2D eigenvalue weighted by molar-refractivity contribution is 6.30. The normalized spacial score (nSPS) is 17.5. The van der Waals surface area contributed by atoms with Crippen molar-refractivity contribution in [3.8, 4) is 5.75 Å². The second-order valence-corrected chi connectivity index (χ2v) is 5.61. The Morgan fingerprint density at radius 1 is 1.17 bits per heavy atom. The van der Waals surface area contributed by atoms with Gasteiger partial charge in [-0.1, -0.05) is 17.7 Å². The van der Waals surface area contributed by atoms with E-state index in [-0.39, 0.29) is 18.2 Å². The molecule has 0 aromatic heterocycles. The van der Waals surface area contributed by atoms with Crippen LogP contribution in [0.3, 0.4) is 0 Å². The molecule has 1 aliphatic heterocycles. The molecule has 1 N–H and O–H groups in total. The molecule has 2 aromatic rings. The first-order chi connectivity index (χ1) is 11.1. The summed E-state index contributed by atoms with van der Waals surface area (Å²) in [5, 5.41) is 3.63. The number of anilines is 2. The number of amides is 2. The predicted octanol–water partition coefficient (Wildman–Crippen LogP) is 3.09. The van der Waals surface area contributed by atoms with Crippen molar-refractivity contribution in [1.29, 1.82) is 0 Å². The minimum Gasteiger partial charge on any atom is -0.497 e. The fraction of sp³-hybridized carbons (Fsp3) is 0.176. The highest BCUT2D eigenvalue weighted by Crippen LogP contribution is 2.27. The van der Waals surface area contributed by atoms with Crippen molar-refractivity contribution in [1.82, 2.24) is 0 Å². The number of imide groups is 1. The van der Waals surface area contributed by atoms with Crippen LogP contribution in [0.1, 0.15) is 6.42 Å². The molecule has 0 spiro atoms. The number of carbonyl (C=O) groups is 2. The second-order valence-electron chi connectivity index (χ2n) is 5.18. The molecule has 0 bridgehead atoms. The van der Waals surface area contributed by atoms with E-state index >= 15 is 0 Å². The van der Waals surface area contributed by atoms with E-state index in [9.17, 15) is 9.59 Å². The maximum absolute atomic E-state index is 12.5. The molecule has 23 heavy (non-hydrogen) atoms. The number of nitrogens with zero attached hydrogens (tertiary/aromatic N) is 1. The molecular formula is C17H15ClN2O3. The number of ether oxygens (including phenoxy) is 1. The van der Waals surface area contributed by atoms with Gasteiger partial charge in [0.15, 0.2) is 0 Å². The molecule has 0 unspecified atom stereocenters. The molecule has 1 atom stereocenters. The summed E-state index contributed by atoms with van der Waals surface area (Å²) in [5.74, 6) is 0.154. The summed E-state index contributed by atoms with van der Waals surface area (Å²) in [5.41, 5.74) is 1.25. The topological polar surface area (TPSA) is 58.6 Å². The van der Waals surface area contributed by atoms with Gasteiger partial charge >= 0.3 is 0 Å². The molecule has 2 aromatic carbocycles. The average Bonchev–Trinajstić information content (AvgIpc) is 2.81. The third-order valence-corrected chi connectivity index (χ3v) is 3.88. The van der Waals surface area contributed by atoms with Gasteiger partial charge in [-0.2, -0.15) is 0 Å². The lowest BCUT2D eigenvalue weighted by molar-refractivity contribution is -0.121. The molecule has 1 heterocycles. The van der Waals surface area contributed by atoms with E-state index in [4.69, 9.17) is 16.3 Å². The molecule has 1 fully saturated rings. The zero-order valence-corrected chi connectivity index (χ0v) is 13.2. The highest BCUT2D eigenvalue weighted by atomic mass is 35.5. The minimum absolute atomic E-state index is 0.109. The number of hydrogen-bond acceptors (Lipinski definition) is 4. The van der Waals surface area contributed by atoms with E-state index < -0.39 is 6.04 Å². The van der Waals surface area contributed by atoms with Crippen LogP contribution >= 0.6 is 11.6 Å². The molecule has 6 heteroatoms. The third-order valence-electron chi connectivity index (χ3n) is 3.64. The van der Waals surface area contributed by atoms with Crippen LogP contribution in [-0.2, 0) is 9.59 Å². The fourth-order valence-corrected chi connectivity index (χ4v) is 2.72. The van der Waals surface area contributed by atoms with Gasteiger partial charge in [-0.15, -0.1) is 0 Å². The van der Waals surface area contributed by atoms with Crippen LogP contribution in [0.4, 0.5) is 11.4 Å². The first-order valence-corrected chi connectivity index (χ1v) is 7.49. The molecule has 1 saturated heterocycles. The third kappa shape index (κ3) is 3.14. The Kier molecular flexibility index (Phi) is 4.21. The SMILES string of the molecule is COc1ccc(N2C(=O)C[C@@H](Nc3cccc(Cl)c3)C2=O)cc1. The largest absolute Gasteiger partial charge is 0.497 e. The maximum atomic E-state index is 12.5. The molecule has 1 aliphatic rings. The zero-order valence-electron chi connectivity index (χ0n) is 12.5. The molecule has 118 valence electrons. The summed E-state index contributed by atoms with van der Waals surface area (Å²) >= 11 is 5.93. The first kappa shape index (κ1) is 15.4. The van der Waals surface area contributed by atoms with E-state index in [0.717, 1.165) is 0 Å². The van der Waals surface area contributed by atoms with Gasteiger partial charge < -0.3 is 10.1 Å². The molecule has 3 rings (SSSR count). The van der Waals surface area contributed by atoms with Gasteiger partial charge in [0.2, 0.25) is 5.91 Å². The van der Waals surface area contributed by atoms with Crippen LogP contribution < -0.4 is 15.0 Å². The van der Waals surface area contributed by atoms with Crippen LogP contribution in [0.25, 0.3) is 0 Å². The number of benzene rings is 2. The Labute approximate surface area is 138 Å². The highest BCUT2D eigenvalue weighted by Gasteiger charge is 2.39. The lowest BCUT2D eigenvalue weighted by Crippen LogP contribution is -2.34. The summed E-state index contributed by atoms with van der Waals surface area (Å²) in [4.78, 5) is 25.9. The monoisotopic (exact) mass is 330 g/mol. The Bertz CT molecular complexity index is 746. The van der Waals surface area contributed by atoms with Crippen LogP contribution in [0.2, 0.25) is 5.02 Å². The molecule has 0 saturated carbocycles. The summed E-state index contributed by atoms with van der Waals surface area (Å²) in [6, 6.07) is 13.3. The Balaban J connectivity index is 1.79. The van der Waals surface area contributed by atoms with Crippen molar-refractivity contribution in [3.63, 3.8) is 0 Å². The van der Waals surface area contributed by atoms with Crippen LogP contribution in [-0.4, -0.2) is 25.0 Å². The van der Waals surface area contributed by atoms with Crippen molar-refractivity contribution >= 4 is 34.8 Å².